The summed E-state index contributed by atoms with van der Waals surface area (Å²) in [5.41, 5.74) is 0.653. The van der Waals surface area contributed by atoms with Crippen molar-refractivity contribution in [1.82, 2.24) is 0 Å². The zero-order chi connectivity index (χ0) is 10.1. The molecule has 0 fully saturated rings. The Morgan fingerprint density at radius 2 is 2.21 bits per heavy atom. The Morgan fingerprint density at radius 3 is 2.93 bits per heavy atom. The van der Waals surface area contributed by atoms with Crippen LogP contribution >= 0.6 is 0 Å². The van der Waals surface area contributed by atoms with Crippen molar-refractivity contribution >= 4 is 17.5 Å². The lowest BCUT2D eigenvalue weighted by atomic mass is 9.89. The molecule has 4 nitrogen and oxygen atoms in total. The maximum atomic E-state index is 11.3. The van der Waals surface area contributed by atoms with Crippen LogP contribution in [0.25, 0.3) is 0 Å². The van der Waals surface area contributed by atoms with Crippen LogP contribution < -0.4 is 0 Å². The fourth-order valence-corrected chi connectivity index (χ4v) is 1.39. The molecule has 0 aromatic rings. The smallest absolute Gasteiger partial charge is 0.335 e. The monoisotopic (exact) mass is 189 g/mol. The summed E-state index contributed by atoms with van der Waals surface area (Å²) in [5, 5.41) is 8.72. The van der Waals surface area contributed by atoms with Crippen LogP contribution in [-0.4, -0.2) is 22.6 Å². The number of aliphatic carboxylic acids is 1. The molecule has 1 atom stereocenters. The van der Waals surface area contributed by atoms with Gasteiger partial charge >= 0.3 is 5.97 Å². The lowest BCUT2D eigenvalue weighted by Gasteiger charge is -2.16. The first-order valence-corrected chi connectivity index (χ1v) is 4.10. The molecule has 0 spiro atoms. The average Bonchev–Trinajstić information content (AvgIpc) is 2.17. The third-order valence-electron chi connectivity index (χ3n) is 2.11. The Balaban J connectivity index is 2.40. The minimum absolute atomic E-state index is 0.0630. The van der Waals surface area contributed by atoms with Gasteiger partial charge < -0.3 is 5.11 Å². The summed E-state index contributed by atoms with van der Waals surface area (Å²) in [6, 6.07) is 0. The SMILES string of the molecule is O=C(O)C1=CC2=NC=CC(=O)C2C=C1. The molecule has 2 rings (SSSR count). The van der Waals surface area contributed by atoms with E-state index in [-0.39, 0.29) is 11.4 Å². The molecule has 70 valence electrons. The van der Waals surface area contributed by atoms with Gasteiger partial charge in [0.2, 0.25) is 0 Å². The highest BCUT2D eigenvalue weighted by Gasteiger charge is 2.24. The minimum atomic E-state index is -1.01. The molecule has 4 heteroatoms. The first kappa shape index (κ1) is 8.62. The molecule has 0 saturated carbocycles. The number of ketones is 1. The molecule has 0 amide bonds. The van der Waals surface area contributed by atoms with Crippen LogP contribution in [0.4, 0.5) is 0 Å². The second-order valence-electron chi connectivity index (χ2n) is 3.01. The third-order valence-corrected chi connectivity index (χ3v) is 2.11. The summed E-state index contributed by atoms with van der Waals surface area (Å²) in [6.07, 6.45) is 7.20. The number of hydrogen-bond donors (Lipinski definition) is 1. The number of carbonyl (C=O) groups excluding carboxylic acids is 1. The minimum Gasteiger partial charge on any atom is -0.478 e. The van der Waals surface area contributed by atoms with E-state index in [2.05, 4.69) is 4.99 Å². The number of fused-ring (bicyclic) bond motifs is 1. The van der Waals surface area contributed by atoms with Crippen molar-refractivity contribution in [1.29, 1.82) is 0 Å². The Morgan fingerprint density at radius 1 is 1.43 bits per heavy atom. The van der Waals surface area contributed by atoms with E-state index < -0.39 is 11.9 Å². The van der Waals surface area contributed by atoms with Crippen LogP contribution in [-0.2, 0) is 9.59 Å². The molecule has 1 aliphatic heterocycles. The standard InChI is InChI=1S/C10H7NO3/c12-9-3-4-11-8-5-6(10(13)14)1-2-7(8)9/h1-5,7H,(H,13,14). The van der Waals surface area contributed by atoms with E-state index in [4.69, 9.17) is 5.11 Å². The zero-order valence-corrected chi connectivity index (χ0v) is 7.18. The van der Waals surface area contributed by atoms with Gasteiger partial charge in [-0.25, -0.2) is 4.79 Å². The zero-order valence-electron chi connectivity index (χ0n) is 7.18. The van der Waals surface area contributed by atoms with Crippen LogP contribution in [0.2, 0.25) is 0 Å². The lowest BCUT2D eigenvalue weighted by Crippen LogP contribution is -2.24. The van der Waals surface area contributed by atoms with Gasteiger partial charge in [0.15, 0.2) is 5.78 Å². The van der Waals surface area contributed by atoms with Crippen molar-refractivity contribution in [3.05, 3.63) is 36.1 Å². The van der Waals surface area contributed by atoms with Crippen molar-refractivity contribution in [2.24, 2.45) is 10.9 Å². The number of carbonyl (C=O) groups is 2. The van der Waals surface area contributed by atoms with Gasteiger partial charge in [-0.3, -0.25) is 9.79 Å². The Bertz CT molecular complexity index is 427. The topological polar surface area (TPSA) is 66.7 Å². The van der Waals surface area contributed by atoms with Crippen molar-refractivity contribution in [3.63, 3.8) is 0 Å². The number of carboxylic acids is 1. The van der Waals surface area contributed by atoms with Gasteiger partial charge in [0, 0.05) is 12.3 Å². The van der Waals surface area contributed by atoms with Gasteiger partial charge in [-0.05, 0) is 6.08 Å². The number of carboxylic acid groups (broad SMARTS) is 1. The summed E-state index contributed by atoms with van der Waals surface area (Å²) >= 11 is 0. The number of aliphatic imine (C=N–C) groups is 1. The van der Waals surface area contributed by atoms with Crippen LogP contribution in [0.1, 0.15) is 0 Å². The highest BCUT2D eigenvalue weighted by molar-refractivity contribution is 6.20. The van der Waals surface area contributed by atoms with Crippen LogP contribution in [0.15, 0.2) is 41.1 Å². The predicted molar refractivity (Wildman–Crippen MR) is 49.9 cm³/mol. The molecule has 14 heavy (non-hydrogen) atoms. The predicted octanol–water partition coefficient (Wildman–Crippen LogP) is 0.721. The van der Waals surface area contributed by atoms with Crippen LogP contribution in [0, 0.1) is 5.92 Å². The van der Waals surface area contributed by atoms with E-state index in [1.807, 2.05) is 0 Å². The van der Waals surface area contributed by atoms with E-state index >= 15 is 0 Å². The van der Waals surface area contributed by atoms with Gasteiger partial charge in [0.1, 0.15) is 0 Å². The van der Waals surface area contributed by atoms with E-state index in [1.165, 1.54) is 24.4 Å². The maximum absolute atomic E-state index is 11.3. The number of rotatable bonds is 1. The van der Waals surface area contributed by atoms with Crippen molar-refractivity contribution in [3.8, 4) is 0 Å². The van der Waals surface area contributed by atoms with E-state index in [0.717, 1.165) is 0 Å². The van der Waals surface area contributed by atoms with Gasteiger partial charge in [-0.15, -0.1) is 0 Å². The average molecular weight is 189 g/mol. The summed E-state index contributed by atoms with van der Waals surface area (Å²) in [4.78, 5) is 25.9. The third kappa shape index (κ3) is 1.31. The fraction of sp³-hybridized carbons (Fsp3) is 0.100. The maximum Gasteiger partial charge on any atom is 0.335 e. The normalized spacial score (nSPS) is 24.0. The van der Waals surface area contributed by atoms with Gasteiger partial charge in [0.25, 0.3) is 0 Å². The Labute approximate surface area is 80.0 Å². The van der Waals surface area contributed by atoms with Gasteiger partial charge in [-0.2, -0.15) is 0 Å². The number of allylic oxidation sites excluding steroid dienone is 3. The molecule has 1 heterocycles. The fourth-order valence-electron chi connectivity index (χ4n) is 1.39. The summed E-state index contributed by atoms with van der Waals surface area (Å²) in [6.45, 7) is 0. The number of hydrogen-bond acceptors (Lipinski definition) is 3. The van der Waals surface area contributed by atoms with Crippen LogP contribution in [0.3, 0.4) is 0 Å². The molecule has 0 saturated heterocycles. The molecule has 0 radical (unpaired) electrons. The summed E-state index contributed by atoms with van der Waals surface area (Å²) < 4.78 is 0. The first-order valence-electron chi connectivity index (χ1n) is 4.10. The molecule has 0 bridgehead atoms. The molecule has 0 aromatic heterocycles. The summed E-state index contributed by atoms with van der Waals surface area (Å²) in [7, 11) is 0. The molecule has 0 aromatic carbocycles. The molecule has 1 unspecified atom stereocenters. The van der Waals surface area contributed by atoms with E-state index in [1.54, 1.807) is 6.08 Å². The van der Waals surface area contributed by atoms with E-state index in [9.17, 15) is 9.59 Å². The second kappa shape index (κ2) is 3.06. The first-order chi connectivity index (χ1) is 6.68. The van der Waals surface area contributed by atoms with Crippen molar-refractivity contribution in [2.45, 2.75) is 0 Å². The summed E-state index contributed by atoms with van der Waals surface area (Å²) in [5.74, 6) is -1.47. The highest BCUT2D eigenvalue weighted by atomic mass is 16.4. The van der Waals surface area contributed by atoms with Crippen molar-refractivity contribution < 1.29 is 14.7 Å². The number of nitrogens with zero attached hydrogens (tertiary/aromatic N) is 1. The van der Waals surface area contributed by atoms with Gasteiger partial charge in [0.05, 0.1) is 17.2 Å². The molecular formula is C10H7NO3. The Kier molecular flexibility index (Phi) is 1.89. The largest absolute Gasteiger partial charge is 0.478 e. The highest BCUT2D eigenvalue weighted by Crippen LogP contribution is 2.19. The molecule has 1 N–H and O–H groups in total. The Hall–Kier alpha value is -1.97. The lowest BCUT2D eigenvalue weighted by molar-refractivity contribution is -0.132. The molecule has 2 aliphatic rings. The quantitative estimate of drug-likeness (QED) is 0.660. The molecule has 1 aliphatic carbocycles. The van der Waals surface area contributed by atoms with Gasteiger partial charge in [-0.1, -0.05) is 12.2 Å². The van der Waals surface area contributed by atoms with E-state index in [0.29, 0.717) is 5.71 Å². The van der Waals surface area contributed by atoms with Crippen LogP contribution in [0.5, 0.6) is 0 Å². The van der Waals surface area contributed by atoms with Crippen molar-refractivity contribution in [2.75, 3.05) is 0 Å². The second-order valence-corrected chi connectivity index (χ2v) is 3.01. The molecular weight excluding hydrogens is 182 g/mol.